The molecular formula is C23H37N5OS. The van der Waals surface area contributed by atoms with Gasteiger partial charge in [-0.3, -0.25) is 4.79 Å². The molecule has 0 aromatic heterocycles. The molecule has 1 aromatic carbocycles. The van der Waals surface area contributed by atoms with Crippen molar-refractivity contribution in [3.8, 4) is 0 Å². The van der Waals surface area contributed by atoms with E-state index in [0.29, 0.717) is 18.9 Å². The second-order valence-electron chi connectivity index (χ2n) is 7.93. The Labute approximate surface area is 185 Å². The zero-order valence-corrected chi connectivity index (χ0v) is 19.2. The summed E-state index contributed by atoms with van der Waals surface area (Å²) >= 11 is 2.04. The Kier molecular flexibility index (Phi) is 9.67. The monoisotopic (exact) mass is 431 g/mol. The fourth-order valence-electron chi connectivity index (χ4n) is 3.90. The first-order valence-electron chi connectivity index (χ1n) is 11.5. The van der Waals surface area contributed by atoms with Crippen LogP contribution in [-0.2, 0) is 11.3 Å². The average molecular weight is 432 g/mol. The van der Waals surface area contributed by atoms with E-state index >= 15 is 0 Å². The third-order valence-electron chi connectivity index (χ3n) is 5.65. The highest BCUT2D eigenvalue weighted by Crippen LogP contribution is 2.20. The van der Waals surface area contributed by atoms with Crippen LogP contribution in [0.5, 0.6) is 0 Å². The van der Waals surface area contributed by atoms with Crippen molar-refractivity contribution < 1.29 is 4.79 Å². The van der Waals surface area contributed by atoms with E-state index in [1.54, 1.807) is 0 Å². The molecular weight excluding hydrogens is 394 g/mol. The van der Waals surface area contributed by atoms with Crippen molar-refractivity contribution in [1.29, 1.82) is 0 Å². The van der Waals surface area contributed by atoms with Gasteiger partial charge in [-0.2, -0.15) is 11.8 Å². The maximum absolute atomic E-state index is 12.1. The Morgan fingerprint density at radius 1 is 1.07 bits per heavy atom. The number of anilines is 1. The normalized spacial score (nSPS) is 18.3. The molecule has 7 heteroatoms. The first-order chi connectivity index (χ1) is 14.8. The summed E-state index contributed by atoms with van der Waals surface area (Å²) in [5.41, 5.74) is 2.54. The maximum atomic E-state index is 12.1. The number of carbonyl (C=O) groups excluding carboxylic acids is 1. The molecule has 2 saturated heterocycles. The number of guanidine groups is 1. The third-order valence-corrected chi connectivity index (χ3v) is 6.59. The Hall–Kier alpha value is -1.89. The number of rotatable bonds is 8. The fraction of sp³-hybridized carbons (Fsp3) is 0.652. The summed E-state index contributed by atoms with van der Waals surface area (Å²) in [6, 6.07) is 8.82. The Morgan fingerprint density at radius 2 is 1.87 bits per heavy atom. The second-order valence-corrected chi connectivity index (χ2v) is 9.16. The summed E-state index contributed by atoms with van der Waals surface area (Å²) in [7, 11) is 0. The van der Waals surface area contributed by atoms with Crippen LogP contribution in [0.2, 0.25) is 0 Å². The molecule has 30 heavy (non-hydrogen) atoms. The zero-order valence-electron chi connectivity index (χ0n) is 18.4. The average Bonchev–Trinajstić information content (AvgIpc) is 3.00. The molecule has 0 radical (unpaired) electrons. The first kappa shape index (κ1) is 22.8. The molecule has 0 atom stereocenters. The smallest absolute Gasteiger partial charge is 0.222 e. The van der Waals surface area contributed by atoms with Crippen LogP contribution in [-0.4, -0.2) is 67.5 Å². The number of hydrogen-bond acceptors (Lipinski definition) is 4. The molecule has 166 valence electrons. The molecule has 3 rings (SSSR count). The van der Waals surface area contributed by atoms with E-state index in [9.17, 15) is 4.79 Å². The lowest BCUT2D eigenvalue weighted by atomic mass is 10.2. The molecule has 2 heterocycles. The van der Waals surface area contributed by atoms with Gasteiger partial charge >= 0.3 is 0 Å². The van der Waals surface area contributed by atoms with Crippen LogP contribution in [0.25, 0.3) is 0 Å². The van der Waals surface area contributed by atoms with Crippen molar-refractivity contribution in [3.63, 3.8) is 0 Å². The van der Waals surface area contributed by atoms with Crippen molar-refractivity contribution in [1.82, 2.24) is 15.5 Å². The van der Waals surface area contributed by atoms with Crippen LogP contribution < -0.4 is 15.5 Å². The van der Waals surface area contributed by atoms with Crippen molar-refractivity contribution in [3.05, 3.63) is 29.8 Å². The predicted octanol–water partition coefficient (Wildman–Crippen LogP) is 3.09. The summed E-state index contributed by atoms with van der Waals surface area (Å²) in [4.78, 5) is 21.3. The first-order valence-corrected chi connectivity index (χ1v) is 12.6. The number of likely N-dealkylation sites (tertiary alicyclic amines) is 1. The Morgan fingerprint density at radius 3 is 2.63 bits per heavy atom. The minimum Gasteiger partial charge on any atom is -0.370 e. The summed E-state index contributed by atoms with van der Waals surface area (Å²) in [6.45, 7) is 8.43. The van der Waals surface area contributed by atoms with Crippen LogP contribution in [0.15, 0.2) is 29.3 Å². The fourth-order valence-corrected chi connectivity index (χ4v) is 4.80. The number of nitrogens with one attached hydrogen (secondary N) is 2. The SMILES string of the molecule is CCNC(=NCc1ccc(N2CCSCC2)cc1)NCCCN1CCCCCC1=O. The van der Waals surface area contributed by atoms with Crippen LogP contribution >= 0.6 is 11.8 Å². The molecule has 2 N–H and O–H groups in total. The van der Waals surface area contributed by atoms with Gasteiger partial charge in [0.25, 0.3) is 0 Å². The molecule has 0 saturated carbocycles. The molecule has 0 aliphatic carbocycles. The molecule has 2 fully saturated rings. The summed E-state index contributed by atoms with van der Waals surface area (Å²) in [5, 5.41) is 6.74. The van der Waals surface area contributed by atoms with E-state index in [1.807, 2.05) is 16.7 Å². The van der Waals surface area contributed by atoms with Crippen molar-refractivity contribution in [2.75, 3.05) is 55.7 Å². The van der Waals surface area contributed by atoms with Crippen molar-refractivity contribution in [2.45, 2.75) is 45.6 Å². The van der Waals surface area contributed by atoms with Crippen LogP contribution in [0, 0.1) is 0 Å². The van der Waals surface area contributed by atoms with Gasteiger partial charge in [-0.1, -0.05) is 18.6 Å². The third kappa shape index (κ3) is 7.42. The number of aliphatic imine (C=N–C) groups is 1. The molecule has 0 unspecified atom stereocenters. The van der Waals surface area contributed by atoms with Gasteiger partial charge in [-0.15, -0.1) is 0 Å². The molecule has 0 bridgehead atoms. The molecule has 1 aromatic rings. The number of thioether (sulfide) groups is 1. The van der Waals surface area contributed by atoms with Crippen molar-refractivity contribution in [2.24, 2.45) is 4.99 Å². The van der Waals surface area contributed by atoms with Crippen molar-refractivity contribution >= 4 is 29.3 Å². The number of amides is 1. The van der Waals surface area contributed by atoms with Gasteiger partial charge in [0.05, 0.1) is 6.54 Å². The van der Waals surface area contributed by atoms with Gasteiger partial charge < -0.3 is 20.4 Å². The number of nitrogens with zero attached hydrogens (tertiary/aromatic N) is 3. The van der Waals surface area contributed by atoms with E-state index in [0.717, 1.165) is 64.5 Å². The number of benzene rings is 1. The topological polar surface area (TPSA) is 60.0 Å². The van der Waals surface area contributed by atoms with E-state index in [1.165, 1.54) is 29.2 Å². The van der Waals surface area contributed by atoms with Gasteiger partial charge in [-0.05, 0) is 43.9 Å². The Bertz CT molecular complexity index is 673. The zero-order chi connectivity index (χ0) is 21.0. The minimum absolute atomic E-state index is 0.319. The molecule has 2 aliphatic rings. The van der Waals surface area contributed by atoms with Gasteiger partial charge in [0, 0.05) is 62.9 Å². The highest BCUT2D eigenvalue weighted by molar-refractivity contribution is 7.99. The van der Waals surface area contributed by atoms with E-state index in [4.69, 9.17) is 4.99 Å². The van der Waals surface area contributed by atoms with E-state index in [2.05, 4.69) is 46.7 Å². The number of hydrogen-bond donors (Lipinski definition) is 2. The van der Waals surface area contributed by atoms with Crippen LogP contribution in [0.3, 0.4) is 0 Å². The highest BCUT2D eigenvalue weighted by Gasteiger charge is 2.15. The summed E-state index contributed by atoms with van der Waals surface area (Å²) in [5.74, 6) is 3.60. The molecule has 2 aliphatic heterocycles. The van der Waals surface area contributed by atoms with Gasteiger partial charge in [0.1, 0.15) is 0 Å². The van der Waals surface area contributed by atoms with Gasteiger partial charge in [-0.25, -0.2) is 4.99 Å². The standard InChI is InChI=1S/C23H37N5OS/c1-2-24-23(25-12-6-14-28-13-5-3-4-7-22(28)29)26-19-20-8-10-21(11-9-20)27-15-17-30-18-16-27/h8-11H,2-7,12-19H2,1H3,(H2,24,25,26). The molecule has 6 nitrogen and oxygen atoms in total. The lowest BCUT2D eigenvalue weighted by Gasteiger charge is -2.28. The maximum Gasteiger partial charge on any atom is 0.222 e. The summed E-state index contributed by atoms with van der Waals surface area (Å²) < 4.78 is 0. The summed E-state index contributed by atoms with van der Waals surface area (Å²) in [6.07, 6.45) is 5.02. The number of carbonyl (C=O) groups is 1. The van der Waals surface area contributed by atoms with E-state index < -0.39 is 0 Å². The lowest BCUT2D eigenvalue weighted by Crippen LogP contribution is -2.39. The largest absolute Gasteiger partial charge is 0.370 e. The lowest BCUT2D eigenvalue weighted by molar-refractivity contribution is -0.130. The van der Waals surface area contributed by atoms with Crippen LogP contribution in [0.1, 0.15) is 44.6 Å². The van der Waals surface area contributed by atoms with Crippen LogP contribution in [0.4, 0.5) is 5.69 Å². The Balaban J connectivity index is 1.43. The highest BCUT2D eigenvalue weighted by atomic mass is 32.2. The van der Waals surface area contributed by atoms with E-state index in [-0.39, 0.29) is 0 Å². The minimum atomic E-state index is 0.319. The van der Waals surface area contributed by atoms with Gasteiger partial charge in [0.15, 0.2) is 5.96 Å². The predicted molar refractivity (Wildman–Crippen MR) is 128 cm³/mol. The quantitative estimate of drug-likeness (QED) is 0.376. The molecule has 1 amide bonds. The second kappa shape index (κ2) is 12.7. The van der Waals surface area contributed by atoms with Gasteiger partial charge in [0.2, 0.25) is 5.91 Å². The molecule has 0 spiro atoms.